The number of benzene rings is 1. The van der Waals surface area contributed by atoms with E-state index in [-0.39, 0.29) is 5.91 Å². The Kier molecular flexibility index (Phi) is 5.17. The third-order valence-corrected chi connectivity index (χ3v) is 6.90. The number of nitrogens with zero attached hydrogens (tertiary/aromatic N) is 3. The molecule has 1 amide bonds. The van der Waals surface area contributed by atoms with Crippen LogP contribution in [0.1, 0.15) is 28.9 Å². The third kappa shape index (κ3) is 3.92. The zero-order valence-corrected chi connectivity index (χ0v) is 17.7. The maximum atomic E-state index is 12.9. The molecule has 1 saturated carbocycles. The van der Waals surface area contributed by atoms with Gasteiger partial charge in [0.05, 0.1) is 5.88 Å². The van der Waals surface area contributed by atoms with Crippen LogP contribution in [0.2, 0.25) is 0 Å². The summed E-state index contributed by atoms with van der Waals surface area (Å²) < 4.78 is 0. The molecule has 152 valence electrons. The summed E-state index contributed by atoms with van der Waals surface area (Å²) in [6.07, 6.45) is 7.95. The molecular weight excluding hydrogens is 392 g/mol. The summed E-state index contributed by atoms with van der Waals surface area (Å²) in [5.74, 6) is 2.85. The number of amides is 1. The molecule has 1 aliphatic heterocycles. The number of pyridine rings is 2. The van der Waals surface area contributed by atoms with Crippen molar-refractivity contribution in [2.24, 2.45) is 5.92 Å². The number of aromatic nitrogens is 2. The van der Waals surface area contributed by atoms with Crippen LogP contribution in [0.15, 0.2) is 61.1 Å². The fraction of sp³-hybridized carbons (Fsp3) is 0.292. The molecule has 1 atom stereocenters. The van der Waals surface area contributed by atoms with E-state index in [2.05, 4.69) is 32.3 Å². The Bertz CT molecular complexity index is 1080. The first kappa shape index (κ1) is 19.1. The van der Waals surface area contributed by atoms with Gasteiger partial charge >= 0.3 is 0 Å². The van der Waals surface area contributed by atoms with Crippen molar-refractivity contribution in [3.8, 4) is 11.1 Å². The van der Waals surface area contributed by atoms with E-state index in [0.717, 1.165) is 34.2 Å². The van der Waals surface area contributed by atoms with E-state index in [4.69, 9.17) is 0 Å². The standard InChI is InChI=1S/C24H24N4OS/c1-16-7-9-25-13-21(16)18-8-10-26-22(11-18)24(29)27-19-3-2-4-20(12-19)28-15-30-14-23(28)17-5-6-17/h2-4,7-13,17,23H,5-6,14-15H2,1H3,(H,27,29). The van der Waals surface area contributed by atoms with Gasteiger partial charge in [-0.1, -0.05) is 6.07 Å². The summed E-state index contributed by atoms with van der Waals surface area (Å²) in [6, 6.07) is 14.5. The van der Waals surface area contributed by atoms with Crippen molar-refractivity contribution in [2.75, 3.05) is 21.8 Å². The molecular formula is C24H24N4OS. The number of thioether (sulfide) groups is 1. The maximum absolute atomic E-state index is 12.9. The molecule has 1 N–H and O–H groups in total. The molecule has 1 aromatic carbocycles. The normalized spacial score (nSPS) is 18.4. The average molecular weight is 417 g/mol. The molecule has 3 heterocycles. The number of hydrogen-bond donors (Lipinski definition) is 1. The molecule has 5 nitrogen and oxygen atoms in total. The predicted molar refractivity (Wildman–Crippen MR) is 123 cm³/mol. The van der Waals surface area contributed by atoms with Crippen LogP contribution in [0, 0.1) is 12.8 Å². The van der Waals surface area contributed by atoms with Crippen molar-refractivity contribution < 1.29 is 4.79 Å². The molecule has 0 bridgehead atoms. The van der Waals surface area contributed by atoms with Crippen molar-refractivity contribution in [3.05, 3.63) is 72.3 Å². The molecule has 2 fully saturated rings. The van der Waals surface area contributed by atoms with Gasteiger partial charge in [0, 0.05) is 47.3 Å². The Balaban J connectivity index is 1.35. The largest absolute Gasteiger partial charge is 0.358 e. The maximum Gasteiger partial charge on any atom is 0.274 e. The first-order valence-corrected chi connectivity index (χ1v) is 11.5. The number of carbonyl (C=O) groups is 1. The summed E-state index contributed by atoms with van der Waals surface area (Å²) in [5.41, 5.74) is 5.44. The molecule has 1 aliphatic carbocycles. The lowest BCUT2D eigenvalue weighted by atomic mass is 10.0. The smallest absolute Gasteiger partial charge is 0.274 e. The van der Waals surface area contributed by atoms with E-state index in [9.17, 15) is 4.79 Å². The van der Waals surface area contributed by atoms with Crippen molar-refractivity contribution in [3.63, 3.8) is 0 Å². The SMILES string of the molecule is Cc1ccncc1-c1ccnc(C(=O)Nc2cccc(N3CSCC3C3CC3)c2)c1. The molecule has 1 unspecified atom stereocenters. The van der Waals surface area contributed by atoms with Crippen LogP contribution >= 0.6 is 11.8 Å². The van der Waals surface area contributed by atoms with Gasteiger partial charge in [-0.15, -0.1) is 11.8 Å². The van der Waals surface area contributed by atoms with Crippen LogP contribution in [0.5, 0.6) is 0 Å². The van der Waals surface area contributed by atoms with Gasteiger partial charge in [-0.2, -0.15) is 0 Å². The monoisotopic (exact) mass is 416 g/mol. The second-order valence-corrected chi connectivity index (χ2v) is 9.00. The minimum absolute atomic E-state index is 0.204. The van der Waals surface area contributed by atoms with Crippen LogP contribution in [0.25, 0.3) is 11.1 Å². The predicted octanol–water partition coefficient (Wildman–Crippen LogP) is 4.99. The highest BCUT2D eigenvalue weighted by Crippen LogP contribution is 2.42. The van der Waals surface area contributed by atoms with Crippen molar-refractivity contribution in [2.45, 2.75) is 25.8 Å². The molecule has 3 aromatic rings. The van der Waals surface area contributed by atoms with Gasteiger partial charge in [-0.3, -0.25) is 14.8 Å². The van der Waals surface area contributed by atoms with E-state index in [0.29, 0.717) is 11.7 Å². The Labute approximate surface area is 180 Å². The Morgan fingerprint density at radius 1 is 1.17 bits per heavy atom. The molecule has 2 aliphatic rings. The second-order valence-electron chi connectivity index (χ2n) is 8.00. The zero-order chi connectivity index (χ0) is 20.5. The second kappa shape index (κ2) is 8.11. The summed E-state index contributed by atoms with van der Waals surface area (Å²) in [4.78, 5) is 23.9. The van der Waals surface area contributed by atoms with Crippen LogP contribution in [-0.4, -0.2) is 33.5 Å². The molecule has 2 aromatic heterocycles. The molecule has 5 rings (SSSR count). The van der Waals surface area contributed by atoms with Crippen LogP contribution in [0.4, 0.5) is 11.4 Å². The summed E-state index contributed by atoms with van der Waals surface area (Å²) in [7, 11) is 0. The Morgan fingerprint density at radius 3 is 2.90 bits per heavy atom. The summed E-state index contributed by atoms with van der Waals surface area (Å²) >= 11 is 1.99. The first-order chi connectivity index (χ1) is 14.7. The van der Waals surface area contributed by atoms with Gasteiger partial charge in [0.15, 0.2) is 0 Å². The van der Waals surface area contributed by atoms with E-state index < -0.39 is 0 Å². The number of rotatable bonds is 5. The number of hydrogen-bond acceptors (Lipinski definition) is 5. The highest BCUT2D eigenvalue weighted by Gasteiger charge is 2.38. The number of carbonyl (C=O) groups excluding carboxylic acids is 1. The van der Waals surface area contributed by atoms with Gasteiger partial charge < -0.3 is 10.2 Å². The highest BCUT2D eigenvalue weighted by molar-refractivity contribution is 7.99. The first-order valence-electron chi connectivity index (χ1n) is 10.3. The van der Waals surface area contributed by atoms with Gasteiger partial charge in [0.25, 0.3) is 5.91 Å². The fourth-order valence-electron chi connectivity index (χ4n) is 4.04. The van der Waals surface area contributed by atoms with Gasteiger partial charge in [-0.05, 0) is 73.2 Å². The zero-order valence-electron chi connectivity index (χ0n) is 16.9. The van der Waals surface area contributed by atoms with Gasteiger partial charge in [0.2, 0.25) is 0 Å². The van der Waals surface area contributed by atoms with E-state index in [1.165, 1.54) is 24.3 Å². The lowest BCUT2D eigenvalue weighted by Crippen LogP contribution is -2.32. The van der Waals surface area contributed by atoms with E-state index in [1.54, 1.807) is 12.4 Å². The van der Waals surface area contributed by atoms with Crippen LogP contribution in [0.3, 0.4) is 0 Å². The fourth-order valence-corrected chi connectivity index (χ4v) is 5.38. The highest BCUT2D eigenvalue weighted by atomic mass is 32.2. The average Bonchev–Trinajstić information content (AvgIpc) is 3.50. The topological polar surface area (TPSA) is 58.1 Å². The minimum atomic E-state index is -0.204. The van der Waals surface area contributed by atoms with Crippen molar-refractivity contribution in [1.29, 1.82) is 0 Å². The van der Waals surface area contributed by atoms with Crippen molar-refractivity contribution in [1.82, 2.24) is 9.97 Å². The lowest BCUT2D eigenvalue weighted by molar-refractivity contribution is 0.102. The minimum Gasteiger partial charge on any atom is -0.358 e. The molecule has 0 spiro atoms. The third-order valence-electron chi connectivity index (χ3n) is 5.86. The molecule has 30 heavy (non-hydrogen) atoms. The van der Waals surface area contributed by atoms with Gasteiger partial charge in [0.1, 0.15) is 5.69 Å². The number of aryl methyl sites for hydroxylation is 1. The van der Waals surface area contributed by atoms with Crippen LogP contribution < -0.4 is 10.2 Å². The molecule has 0 radical (unpaired) electrons. The van der Waals surface area contributed by atoms with Crippen molar-refractivity contribution >= 4 is 29.0 Å². The van der Waals surface area contributed by atoms with E-state index >= 15 is 0 Å². The number of anilines is 2. The Morgan fingerprint density at radius 2 is 2.07 bits per heavy atom. The van der Waals surface area contributed by atoms with Gasteiger partial charge in [-0.25, -0.2) is 0 Å². The number of nitrogens with one attached hydrogen (secondary N) is 1. The Hall–Kier alpha value is -2.86. The summed E-state index contributed by atoms with van der Waals surface area (Å²) in [6.45, 7) is 2.04. The quantitative estimate of drug-likeness (QED) is 0.635. The summed E-state index contributed by atoms with van der Waals surface area (Å²) in [5, 5.41) is 3.02. The van der Waals surface area contributed by atoms with E-state index in [1.807, 2.05) is 55.2 Å². The lowest BCUT2D eigenvalue weighted by Gasteiger charge is -2.26. The van der Waals surface area contributed by atoms with Crippen LogP contribution in [-0.2, 0) is 0 Å². The molecule has 1 saturated heterocycles. The molecule has 6 heteroatoms.